The number of aromatic nitrogens is 3. The van der Waals surface area contributed by atoms with Gasteiger partial charge in [0, 0.05) is 11.8 Å². The Morgan fingerprint density at radius 3 is 2.35 bits per heavy atom. The number of pyridine rings is 1. The van der Waals surface area contributed by atoms with E-state index in [-0.39, 0.29) is 28.6 Å². The quantitative estimate of drug-likeness (QED) is 0.406. The molecule has 0 fully saturated rings. The molecule has 0 saturated carbocycles. The lowest BCUT2D eigenvalue weighted by atomic mass is 10.2. The van der Waals surface area contributed by atoms with E-state index < -0.39 is 11.7 Å². The summed E-state index contributed by atoms with van der Waals surface area (Å²) < 4.78 is 54.0. The first-order valence-electron chi connectivity index (χ1n) is 8.56. The minimum absolute atomic E-state index is 0.0162. The van der Waals surface area contributed by atoms with Crippen LogP contribution in [0.5, 0.6) is 23.5 Å². The number of anilines is 1. The third kappa shape index (κ3) is 5.72. The predicted octanol–water partition coefficient (Wildman–Crippen LogP) is 4.80. The molecule has 0 unspecified atom stereocenters. The fraction of sp³-hybridized carbons (Fsp3) is 0.158. The van der Waals surface area contributed by atoms with Crippen molar-refractivity contribution in [3.8, 4) is 23.5 Å². The van der Waals surface area contributed by atoms with Gasteiger partial charge in [0.2, 0.25) is 11.8 Å². The molecule has 0 spiro atoms. The van der Waals surface area contributed by atoms with Crippen molar-refractivity contribution in [2.45, 2.75) is 6.18 Å². The Bertz CT molecular complexity index is 1070. The van der Waals surface area contributed by atoms with E-state index in [2.05, 4.69) is 25.5 Å². The van der Waals surface area contributed by atoms with Gasteiger partial charge in [-0.2, -0.15) is 28.2 Å². The summed E-state index contributed by atoms with van der Waals surface area (Å²) in [6.07, 6.45) is -2.50. The molecule has 3 rings (SSSR count). The highest BCUT2D eigenvalue weighted by Crippen LogP contribution is 2.32. The van der Waals surface area contributed by atoms with Gasteiger partial charge in [0.25, 0.3) is 0 Å². The van der Waals surface area contributed by atoms with E-state index in [4.69, 9.17) is 25.8 Å². The lowest BCUT2D eigenvalue weighted by Gasteiger charge is -2.10. The van der Waals surface area contributed by atoms with Gasteiger partial charge in [0.15, 0.2) is 5.82 Å². The monoisotopic (exact) mass is 453 g/mol. The largest absolute Gasteiger partial charge is 0.481 e. The van der Waals surface area contributed by atoms with Gasteiger partial charge in [-0.1, -0.05) is 23.7 Å². The maximum atomic E-state index is 12.7. The second kappa shape index (κ2) is 9.47. The lowest BCUT2D eigenvalue weighted by molar-refractivity contribution is -0.137. The van der Waals surface area contributed by atoms with Crippen molar-refractivity contribution >= 4 is 23.6 Å². The zero-order valence-corrected chi connectivity index (χ0v) is 16.9. The third-order valence-electron chi connectivity index (χ3n) is 3.74. The van der Waals surface area contributed by atoms with E-state index in [0.29, 0.717) is 17.5 Å². The number of hydrogen-bond acceptors (Lipinski definition) is 8. The third-order valence-corrected chi connectivity index (χ3v) is 4.03. The van der Waals surface area contributed by atoms with E-state index in [1.165, 1.54) is 26.5 Å². The average molecular weight is 454 g/mol. The first kappa shape index (κ1) is 22.1. The summed E-state index contributed by atoms with van der Waals surface area (Å²) in [4.78, 5) is 11.8. The maximum absolute atomic E-state index is 12.7. The van der Waals surface area contributed by atoms with Gasteiger partial charge in [-0.25, -0.2) is 4.98 Å². The van der Waals surface area contributed by atoms with Gasteiger partial charge in [-0.05, 0) is 18.2 Å². The van der Waals surface area contributed by atoms with Crippen LogP contribution < -0.4 is 19.6 Å². The number of alkyl halides is 3. The van der Waals surface area contributed by atoms with Crippen LogP contribution in [0.4, 0.5) is 19.0 Å². The second-order valence-corrected chi connectivity index (χ2v) is 6.20. The van der Waals surface area contributed by atoms with Crippen molar-refractivity contribution in [3.63, 3.8) is 0 Å². The summed E-state index contributed by atoms with van der Waals surface area (Å²) in [6, 6.07) is 9.05. The van der Waals surface area contributed by atoms with E-state index in [1.54, 1.807) is 24.3 Å². The van der Waals surface area contributed by atoms with Crippen LogP contribution in [0.1, 0.15) is 11.1 Å². The molecule has 0 aliphatic rings. The van der Waals surface area contributed by atoms with Crippen LogP contribution >= 0.6 is 11.6 Å². The van der Waals surface area contributed by atoms with Crippen LogP contribution in [-0.4, -0.2) is 35.4 Å². The van der Waals surface area contributed by atoms with Crippen LogP contribution in [0.15, 0.2) is 47.7 Å². The Morgan fingerprint density at radius 2 is 1.74 bits per heavy atom. The summed E-state index contributed by atoms with van der Waals surface area (Å²) in [6.45, 7) is 0. The number of nitrogens with one attached hydrogen (secondary N) is 1. The Balaban J connectivity index is 1.78. The molecule has 3 aromatic rings. The molecule has 162 valence electrons. The molecular weight excluding hydrogens is 439 g/mol. The number of halogens is 4. The van der Waals surface area contributed by atoms with Crippen LogP contribution in [0, 0.1) is 0 Å². The zero-order chi connectivity index (χ0) is 22.4. The Kier molecular flexibility index (Phi) is 6.75. The van der Waals surface area contributed by atoms with Crippen molar-refractivity contribution in [1.82, 2.24) is 15.0 Å². The number of hydrogen-bond donors (Lipinski definition) is 1. The second-order valence-electron chi connectivity index (χ2n) is 5.80. The molecule has 1 aromatic carbocycles. The zero-order valence-electron chi connectivity index (χ0n) is 16.1. The first-order chi connectivity index (χ1) is 14.8. The highest BCUT2D eigenvalue weighted by Gasteiger charge is 2.31. The normalized spacial score (nSPS) is 11.4. The van der Waals surface area contributed by atoms with Gasteiger partial charge < -0.3 is 14.2 Å². The molecular formula is C19H15ClF3N5O3. The van der Waals surface area contributed by atoms with Crippen LogP contribution in [0.2, 0.25) is 5.02 Å². The SMILES string of the molecule is COc1cc(OC)nc(Oc2ccccc2/C=N/Nc2ncc(C(F)(F)F)cc2Cl)n1. The molecule has 0 saturated heterocycles. The number of hydrazone groups is 1. The molecule has 0 aliphatic heterocycles. The number of benzene rings is 1. The number of rotatable bonds is 7. The number of nitrogens with zero attached hydrogens (tertiary/aromatic N) is 4. The van der Waals surface area contributed by atoms with Crippen molar-refractivity contribution in [2.24, 2.45) is 5.10 Å². The fourth-order valence-corrected chi connectivity index (χ4v) is 2.46. The first-order valence-corrected chi connectivity index (χ1v) is 8.93. The van der Waals surface area contributed by atoms with Gasteiger partial charge in [-0.15, -0.1) is 0 Å². The van der Waals surface area contributed by atoms with Crippen molar-refractivity contribution < 1.29 is 27.4 Å². The van der Waals surface area contributed by atoms with E-state index in [1.807, 2.05) is 0 Å². The minimum Gasteiger partial charge on any atom is -0.481 e. The van der Waals surface area contributed by atoms with Crippen molar-refractivity contribution in [2.75, 3.05) is 19.6 Å². The summed E-state index contributed by atoms with van der Waals surface area (Å²) >= 11 is 5.85. The highest BCUT2D eigenvalue weighted by molar-refractivity contribution is 6.32. The predicted molar refractivity (Wildman–Crippen MR) is 107 cm³/mol. The molecule has 1 N–H and O–H groups in total. The smallest absolute Gasteiger partial charge is 0.417 e. The molecule has 2 heterocycles. The molecule has 2 aromatic heterocycles. The summed E-state index contributed by atoms with van der Waals surface area (Å²) in [5, 5.41) is 3.73. The van der Waals surface area contributed by atoms with Gasteiger partial charge in [-0.3, -0.25) is 5.43 Å². The standard InChI is InChI=1S/C19H15ClF3N5O3/c1-29-15-8-16(30-2)27-18(26-15)31-14-6-4-3-5-11(14)9-25-28-17-13(20)7-12(10-24-17)19(21,22)23/h3-10H,1-2H3,(H,24,28)/b25-9+. The number of para-hydroxylation sites is 1. The Morgan fingerprint density at radius 1 is 1.06 bits per heavy atom. The minimum atomic E-state index is -4.54. The van der Waals surface area contributed by atoms with Crippen LogP contribution in [-0.2, 0) is 6.18 Å². The number of methoxy groups -OCH3 is 2. The van der Waals surface area contributed by atoms with E-state index in [0.717, 1.165) is 6.07 Å². The summed E-state index contributed by atoms with van der Waals surface area (Å²) in [5.74, 6) is 0.815. The molecule has 0 amide bonds. The highest BCUT2D eigenvalue weighted by atomic mass is 35.5. The van der Waals surface area contributed by atoms with E-state index in [9.17, 15) is 13.2 Å². The Hall–Kier alpha value is -3.60. The molecule has 0 radical (unpaired) electrons. The van der Waals surface area contributed by atoms with Gasteiger partial charge >= 0.3 is 12.2 Å². The van der Waals surface area contributed by atoms with Gasteiger partial charge in [0.1, 0.15) is 5.75 Å². The van der Waals surface area contributed by atoms with Crippen molar-refractivity contribution in [1.29, 1.82) is 0 Å². The Labute approximate surface area is 179 Å². The summed E-state index contributed by atoms with van der Waals surface area (Å²) in [5.41, 5.74) is 2.06. The maximum Gasteiger partial charge on any atom is 0.417 e. The molecule has 8 nitrogen and oxygen atoms in total. The molecule has 0 bridgehead atoms. The molecule has 0 atom stereocenters. The average Bonchev–Trinajstić information content (AvgIpc) is 2.75. The van der Waals surface area contributed by atoms with Crippen molar-refractivity contribution in [3.05, 3.63) is 58.7 Å². The van der Waals surface area contributed by atoms with Crippen LogP contribution in [0.25, 0.3) is 0 Å². The molecule has 0 aliphatic carbocycles. The van der Waals surface area contributed by atoms with E-state index >= 15 is 0 Å². The topological polar surface area (TPSA) is 90.8 Å². The fourth-order valence-electron chi connectivity index (χ4n) is 2.26. The lowest BCUT2D eigenvalue weighted by Crippen LogP contribution is -2.06. The molecule has 12 heteroatoms. The molecule has 31 heavy (non-hydrogen) atoms. The number of ether oxygens (including phenoxy) is 3. The summed E-state index contributed by atoms with van der Waals surface area (Å²) in [7, 11) is 2.89. The van der Waals surface area contributed by atoms with Gasteiger partial charge in [0.05, 0.1) is 37.1 Å². The van der Waals surface area contributed by atoms with Crippen LogP contribution in [0.3, 0.4) is 0 Å².